The zero-order valence-corrected chi connectivity index (χ0v) is 11.5. The normalized spacial score (nSPS) is 17.8. The van der Waals surface area contributed by atoms with Gasteiger partial charge in [-0.2, -0.15) is 0 Å². The van der Waals surface area contributed by atoms with Crippen LogP contribution in [0.25, 0.3) is 11.0 Å². The lowest BCUT2D eigenvalue weighted by Crippen LogP contribution is -2.32. The van der Waals surface area contributed by atoms with Gasteiger partial charge in [-0.1, -0.05) is 0 Å². The second-order valence-electron chi connectivity index (χ2n) is 4.74. The minimum Gasteiger partial charge on any atom is -0.451 e. The highest BCUT2D eigenvalue weighted by atomic mass is 32.2. The van der Waals surface area contributed by atoms with E-state index in [0.717, 1.165) is 4.31 Å². The molecule has 1 amide bonds. The Kier molecular flexibility index (Phi) is 2.82. The summed E-state index contributed by atoms with van der Waals surface area (Å²) in [5.41, 5.74) is 0.815. The number of fused-ring (bicyclic) bond motifs is 1. The Hall–Kier alpha value is -1.89. The van der Waals surface area contributed by atoms with E-state index in [2.05, 4.69) is 0 Å². The molecule has 1 saturated heterocycles. The van der Waals surface area contributed by atoms with Crippen molar-refractivity contribution < 1.29 is 22.0 Å². The lowest BCUT2D eigenvalue weighted by molar-refractivity contribution is 0.0841. The highest BCUT2D eigenvalue weighted by molar-refractivity contribution is 7.89. The van der Waals surface area contributed by atoms with Crippen molar-refractivity contribution in [1.29, 1.82) is 0 Å². The van der Waals surface area contributed by atoms with Gasteiger partial charge < -0.3 is 4.42 Å². The Morgan fingerprint density at radius 2 is 2.15 bits per heavy atom. The number of carbonyl (C=O) groups excluding carboxylic acids is 1. The molecule has 0 bridgehead atoms. The maximum absolute atomic E-state index is 13.2. The molecule has 1 aromatic carbocycles. The number of rotatable bonds is 1. The Bertz CT molecular complexity index is 809. The Morgan fingerprint density at radius 3 is 2.80 bits per heavy atom. The SMILES string of the molecule is Cc1c(C(=O)N2CCCS2(=O)=O)oc2ccc(F)cc12. The highest BCUT2D eigenvalue weighted by Gasteiger charge is 2.35. The van der Waals surface area contributed by atoms with Gasteiger partial charge in [0.15, 0.2) is 5.76 Å². The lowest BCUT2D eigenvalue weighted by Gasteiger charge is -2.13. The molecule has 7 heteroatoms. The second-order valence-corrected chi connectivity index (χ2v) is 6.76. The summed E-state index contributed by atoms with van der Waals surface area (Å²) in [6.07, 6.45) is 0.419. The molecule has 3 rings (SSSR count). The number of benzene rings is 1. The molecule has 0 radical (unpaired) electrons. The van der Waals surface area contributed by atoms with Gasteiger partial charge in [0.1, 0.15) is 11.4 Å². The summed E-state index contributed by atoms with van der Waals surface area (Å²) in [4.78, 5) is 12.3. The molecule has 0 spiro atoms. The molecule has 1 aliphatic heterocycles. The van der Waals surface area contributed by atoms with Crippen molar-refractivity contribution in [3.63, 3.8) is 0 Å². The first-order chi connectivity index (χ1) is 9.40. The first kappa shape index (κ1) is 13.1. The monoisotopic (exact) mass is 297 g/mol. The highest BCUT2D eigenvalue weighted by Crippen LogP contribution is 2.28. The number of hydrogen-bond acceptors (Lipinski definition) is 4. The molecule has 2 heterocycles. The summed E-state index contributed by atoms with van der Waals surface area (Å²) in [7, 11) is -3.55. The molecule has 0 unspecified atom stereocenters. The largest absolute Gasteiger partial charge is 0.451 e. The first-order valence-electron chi connectivity index (χ1n) is 6.13. The minimum absolute atomic E-state index is 0.0351. The van der Waals surface area contributed by atoms with Crippen molar-refractivity contribution in [1.82, 2.24) is 4.31 Å². The molecule has 1 fully saturated rings. The van der Waals surface area contributed by atoms with E-state index >= 15 is 0 Å². The van der Waals surface area contributed by atoms with E-state index in [4.69, 9.17) is 4.42 Å². The number of carbonyl (C=O) groups is 1. The van der Waals surface area contributed by atoms with Gasteiger partial charge in [0.05, 0.1) is 5.75 Å². The molecule has 1 aromatic heterocycles. The predicted octanol–water partition coefficient (Wildman–Crippen LogP) is 2.06. The Labute approximate surface area is 115 Å². The number of nitrogens with zero attached hydrogens (tertiary/aromatic N) is 1. The van der Waals surface area contributed by atoms with Crippen LogP contribution in [0.5, 0.6) is 0 Å². The Morgan fingerprint density at radius 1 is 1.40 bits per heavy atom. The van der Waals surface area contributed by atoms with Crippen molar-refractivity contribution in [2.24, 2.45) is 0 Å². The quantitative estimate of drug-likeness (QED) is 0.808. The van der Waals surface area contributed by atoms with E-state index in [1.54, 1.807) is 6.92 Å². The first-order valence-corrected chi connectivity index (χ1v) is 7.74. The maximum atomic E-state index is 13.2. The van der Waals surface area contributed by atoms with Crippen LogP contribution in [0.3, 0.4) is 0 Å². The molecule has 0 atom stereocenters. The number of halogens is 1. The van der Waals surface area contributed by atoms with Crippen molar-refractivity contribution in [3.8, 4) is 0 Å². The molecule has 5 nitrogen and oxygen atoms in total. The number of furan rings is 1. The van der Waals surface area contributed by atoms with Gasteiger partial charge in [0.25, 0.3) is 0 Å². The Balaban J connectivity index is 2.11. The average Bonchev–Trinajstić information content (AvgIpc) is 2.90. The molecular formula is C13H12FNO4S. The van der Waals surface area contributed by atoms with Crippen LogP contribution in [0, 0.1) is 12.7 Å². The number of amides is 1. The molecule has 1 aliphatic rings. The molecule has 20 heavy (non-hydrogen) atoms. The molecular weight excluding hydrogens is 285 g/mol. The fourth-order valence-corrected chi connectivity index (χ4v) is 3.84. The predicted molar refractivity (Wildman–Crippen MR) is 70.3 cm³/mol. The van der Waals surface area contributed by atoms with Crippen LogP contribution in [-0.2, 0) is 10.0 Å². The number of aryl methyl sites for hydroxylation is 1. The summed E-state index contributed by atoms with van der Waals surface area (Å²) in [5, 5.41) is 0.477. The van der Waals surface area contributed by atoms with Gasteiger partial charge >= 0.3 is 5.91 Å². The van der Waals surface area contributed by atoms with Gasteiger partial charge in [0.2, 0.25) is 10.0 Å². The molecule has 0 saturated carbocycles. The lowest BCUT2D eigenvalue weighted by atomic mass is 10.1. The zero-order chi connectivity index (χ0) is 14.5. The third-order valence-corrected chi connectivity index (χ3v) is 5.24. The van der Waals surface area contributed by atoms with E-state index in [0.29, 0.717) is 23.0 Å². The second kappa shape index (κ2) is 4.31. The number of sulfonamides is 1. The van der Waals surface area contributed by atoms with Crippen molar-refractivity contribution in [3.05, 3.63) is 35.3 Å². The van der Waals surface area contributed by atoms with E-state index in [-0.39, 0.29) is 18.1 Å². The molecule has 0 N–H and O–H groups in total. The van der Waals surface area contributed by atoms with Crippen molar-refractivity contribution in [2.45, 2.75) is 13.3 Å². The summed E-state index contributed by atoms with van der Waals surface area (Å²) in [5.74, 6) is -1.20. The summed E-state index contributed by atoms with van der Waals surface area (Å²) in [6.45, 7) is 1.77. The summed E-state index contributed by atoms with van der Waals surface area (Å²) in [6, 6.07) is 3.92. The number of hydrogen-bond donors (Lipinski definition) is 0. The topological polar surface area (TPSA) is 67.6 Å². The van der Waals surface area contributed by atoms with Crippen molar-refractivity contribution >= 4 is 26.9 Å². The van der Waals surface area contributed by atoms with Crippen LogP contribution >= 0.6 is 0 Å². The minimum atomic E-state index is -3.55. The maximum Gasteiger partial charge on any atom is 0.303 e. The fraction of sp³-hybridized carbons (Fsp3) is 0.308. The molecule has 0 aliphatic carbocycles. The zero-order valence-electron chi connectivity index (χ0n) is 10.7. The smallest absolute Gasteiger partial charge is 0.303 e. The van der Waals surface area contributed by atoms with Gasteiger partial charge in [-0.3, -0.25) is 4.79 Å². The van der Waals surface area contributed by atoms with Crippen LogP contribution in [0.15, 0.2) is 22.6 Å². The molecule has 2 aromatic rings. The van der Waals surface area contributed by atoms with E-state index in [1.807, 2.05) is 0 Å². The average molecular weight is 297 g/mol. The fourth-order valence-electron chi connectivity index (χ4n) is 2.38. The van der Waals surface area contributed by atoms with Crippen LogP contribution in [-0.4, -0.2) is 30.9 Å². The molecule has 106 valence electrons. The third-order valence-electron chi connectivity index (χ3n) is 3.42. The van der Waals surface area contributed by atoms with Crippen LogP contribution in [0.2, 0.25) is 0 Å². The van der Waals surface area contributed by atoms with Gasteiger partial charge in [-0.25, -0.2) is 17.1 Å². The van der Waals surface area contributed by atoms with Crippen molar-refractivity contribution in [2.75, 3.05) is 12.3 Å². The summed E-state index contributed by atoms with van der Waals surface area (Å²) < 4.78 is 43.0. The third kappa shape index (κ3) is 1.89. The van der Waals surface area contributed by atoms with Crippen LogP contribution < -0.4 is 0 Å². The van der Waals surface area contributed by atoms with Crippen LogP contribution in [0.1, 0.15) is 22.5 Å². The summed E-state index contributed by atoms with van der Waals surface area (Å²) >= 11 is 0. The van der Waals surface area contributed by atoms with E-state index in [9.17, 15) is 17.6 Å². The van der Waals surface area contributed by atoms with Gasteiger partial charge in [-0.15, -0.1) is 0 Å². The van der Waals surface area contributed by atoms with Gasteiger partial charge in [-0.05, 0) is 31.5 Å². The van der Waals surface area contributed by atoms with Gasteiger partial charge in [0, 0.05) is 17.5 Å². The van der Waals surface area contributed by atoms with Crippen LogP contribution in [0.4, 0.5) is 4.39 Å². The van der Waals surface area contributed by atoms with E-state index < -0.39 is 21.7 Å². The standard InChI is InChI=1S/C13H12FNO4S/c1-8-10-7-9(14)3-4-11(10)19-12(8)13(16)15-5-2-6-20(15,17)18/h3-4,7H,2,5-6H2,1H3. The van der Waals surface area contributed by atoms with E-state index in [1.165, 1.54) is 18.2 Å².